The fourth-order valence-corrected chi connectivity index (χ4v) is 2.04. The van der Waals surface area contributed by atoms with Crippen molar-refractivity contribution in [2.75, 3.05) is 27.2 Å². The minimum absolute atomic E-state index is 0.231. The molecule has 7 heteroatoms. The van der Waals surface area contributed by atoms with Crippen LogP contribution in [-0.2, 0) is 16.6 Å². The average Bonchev–Trinajstić information content (AvgIpc) is 2.67. The van der Waals surface area contributed by atoms with Crippen LogP contribution >= 0.6 is 0 Å². The second-order valence-corrected chi connectivity index (χ2v) is 5.73. The highest BCUT2D eigenvalue weighted by atomic mass is 32.2. The number of sulfonamides is 1. The molecule has 0 fully saturated rings. The van der Waals surface area contributed by atoms with E-state index in [2.05, 4.69) is 10.4 Å². The summed E-state index contributed by atoms with van der Waals surface area (Å²) in [5, 5.41) is 7.15. The van der Waals surface area contributed by atoms with E-state index in [1.165, 1.54) is 24.6 Å². The zero-order valence-corrected chi connectivity index (χ0v) is 10.7. The van der Waals surface area contributed by atoms with Crippen LogP contribution in [0.15, 0.2) is 17.3 Å². The molecule has 0 saturated carbocycles. The minimum Gasteiger partial charge on any atom is -0.315 e. The third kappa shape index (κ3) is 3.03. The summed E-state index contributed by atoms with van der Waals surface area (Å²) in [5.74, 6) is 0. The molecule has 6 nitrogen and oxygen atoms in total. The van der Waals surface area contributed by atoms with Crippen molar-refractivity contribution in [2.24, 2.45) is 0 Å². The van der Waals surface area contributed by atoms with Crippen molar-refractivity contribution in [2.45, 2.75) is 18.4 Å². The fraction of sp³-hybridized carbons (Fsp3) is 0.667. The molecular formula is C9H18N4O2S. The molecular weight excluding hydrogens is 228 g/mol. The van der Waals surface area contributed by atoms with Crippen LogP contribution < -0.4 is 5.32 Å². The van der Waals surface area contributed by atoms with Gasteiger partial charge in [0.2, 0.25) is 10.0 Å². The van der Waals surface area contributed by atoms with Gasteiger partial charge in [0, 0.05) is 26.8 Å². The van der Waals surface area contributed by atoms with Gasteiger partial charge in [-0.05, 0) is 6.54 Å². The lowest BCUT2D eigenvalue weighted by atomic mass is 10.6. The van der Waals surface area contributed by atoms with Gasteiger partial charge in [0.1, 0.15) is 4.90 Å². The van der Waals surface area contributed by atoms with E-state index in [0.717, 1.165) is 13.1 Å². The van der Waals surface area contributed by atoms with Gasteiger partial charge in [-0.1, -0.05) is 6.92 Å². The van der Waals surface area contributed by atoms with Crippen LogP contribution in [-0.4, -0.2) is 49.7 Å². The van der Waals surface area contributed by atoms with Gasteiger partial charge in [0.05, 0.1) is 12.7 Å². The molecule has 92 valence electrons. The summed E-state index contributed by atoms with van der Waals surface area (Å²) in [6.45, 7) is 4.35. The molecule has 0 bridgehead atoms. The third-order valence-electron chi connectivity index (χ3n) is 2.16. The van der Waals surface area contributed by atoms with Crippen LogP contribution in [0.2, 0.25) is 0 Å². The highest BCUT2D eigenvalue weighted by Crippen LogP contribution is 2.10. The maximum atomic E-state index is 11.7. The van der Waals surface area contributed by atoms with Crippen LogP contribution in [0.1, 0.15) is 6.92 Å². The van der Waals surface area contributed by atoms with Gasteiger partial charge in [-0.15, -0.1) is 0 Å². The lowest BCUT2D eigenvalue weighted by Crippen LogP contribution is -2.22. The molecule has 16 heavy (non-hydrogen) atoms. The van der Waals surface area contributed by atoms with Crippen LogP contribution in [0.3, 0.4) is 0 Å². The van der Waals surface area contributed by atoms with Crippen LogP contribution in [0, 0.1) is 0 Å². The Morgan fingerprint density at radius 2 is 2.19 bits per heavy atom. The van der Waals surface area contributed by atoms with E-state index in [0.29, 0.717) is 6.54 Å². The first-order valence-corrected chi connectivity index (χ1v) is 6.58. The van der Waals surface area contributed by atoms with Gasteiger partial charge in [-0.2, -0.15) is 5.10 Å². The lowest BCUT2D eigenvalue weighted by molar-refractivity contribution is 0.520. The van der Waals surface area contributed by atoms with Crippen molar-refractivity contribution >= 4 is 10.0 Å². The zero-order chi connectivity index (χ0) is 12.2. The van der Waals surface area contributed by atoms with Gasteiger partial charge in [-0.25, -0.2) is 12.7 Å². The first kappa shape index (κ1) is 13.1. The number of likely N-dealkylation sites (N-methyl/N-ethyl adjacent to an activating group) is 1. The van der Waals surface area contributed by atoms with Crippen molar-refractivity contribution in [3.05, 3.63) is 12.4 Å². The largest absolute Gasteiger partial charge is 0.315 e. The molecule has 0 radical (unpaired) electrons. The average molecular weight is 246 g/mol. The van der Waals surface area contributed by atoms with Crippen molar-refractivity contribution in [3.63, 3.8) is 0 Å². The van der Waals surface area contributed by atoms with E-state index in [1.807, 2.05) is 6.92 Å². The van der Waals surface area contributed by atoms with Crippen LogP contribution in [0.4, 0.5) is 0 Å². The van der Waals surface area contributed by atoms with Gasteiger partial charge < -0.3 is 5.32 Å². The molecule has 0 atom stereocenters. The predicted octanol–water partition coefficient (Wildman–Crippen LogP) is -0.257. The Balaban J connectivity index is 2.72. The second-order valence-electron chi connectivity index (χ2n) is 3.58. The molecule has 0 aliphatic carbocycles. The zero-order valence-electron chi connectivity index (χ0n) is 9.84. The molecule has 0 amide bonds. The second kappa shape index (κ2) is 5.42. The van der Waals surface area contributed by atoms with E-state index in [9.17, 15) is 8.42 Å². The minimum atomic E-state index is -3.36. The predicted molar refractivity (Wildman–Crippen MR) is 61.6 cm³/mol. The summed E-state index contributed by atoms with van der Waals surface area (Å²) in [4.78, 5) is 0.231. The van der Waals surface area contributed by atoms with Crippen LogP contribution in [0.5, 0.6) is 0 Å². The summed E-state index contributed by atoms with van der Waals surface area (Å²) >= 11 is 0. The smallest absolute Gasteiger partial charge is 0.245 e. The molecule has 1 aromatic rings. The first-order chi connectivity index (χ1) is 7.48. The molecule has 1 N–H and O–H groups in total. The molecule has 0 aliphatic rings. The fourth-order valence-electron chi connectivity index (χ4n) is 1.18. The normalized spacial score (nSPS) is 12.2. The topological polar surface area (TPSA) is 67.2 Å². The van der Waals surface area contributed by atoms with E-state index >= 15 is 0 Å². The Hall–Kier alpha value is -0.920. The van der Waals surface area contributed by atoms with Crippen molar-refractivity contribution in [1.29, 1.82) is 0 Å². The Morgan fingerprint density at radius 3 is 2.75 bits per heavy atom. The van der Waals surface area contributed by atoms with Gasteiger partial charge in [0.25, 0.3) is 0 Å². The number of hydrogen-bond donors (Lipinski definition) is 1. The van der Waals surface area contributed by atoms with E-state index < -0.39 is 10.0 Å². The molecule has 0 spiro atoms. The maximum absolute atomic E-state index is 11.7. The SMILES string of the molecule is CCNCCn1cc(S(=O)(=O)N(C)C)cn1. The number of aromatic nitrogens is 2. The van der Waals surface area contributed by atoms with Crippen molar-refractivity contribution in [1.82, 2.24) is 19.4 Å². The molecule has 1 heterocycles. The van der Waals surface area contributed by atoms with Gasteiger partial charge in [0.15, 0.2) is 0 Å². The van der Waals surface area contributed by atoms with E-state index in [-0.39, 0.29) is 4.90 Å². The Morgan fingerprint density at radius 1 is 1.50 bits per heavy atom. The number of nitrogens with one attached hydrogen (secondary N) is 1. The molecule has 1 rings (SSSR count). The molecule has 0 saturated heterocycles. The highest BCUT2D eigenvalue weighted by molar-refractivity contribution is 7.89. The summed E-state index contributed by atoms with van der Waals surface area (Å²) in [5.41, 5.74) is 0. The summed E-state index contributed by atoms with van der Waals surface area (Å²) in [6.07, 6.45) is 2.92. The Labute approximate surface area is 96.3 Å². The first-order valence-electron chi connectivity index (χ1n) is 5.14. The monoisotopic (exact) mass is 246 g/mol. The lowest BCUT2D eigenvalue weighted by Gasteiger charge is -2.08. The Kier molecular flexibility index (Phi) is 4.45. The summed E-state index contributed by atoms with van der Waals surface area (Å²) < 4.78 is 26.3. The van der Waals surface area contributed by atoms with E-state index in [1.54, 1.807) is 10.9 Å². The number of hydrogen-bond acceptors (Lipinski definition) is 4. The molecule has 0 aliphatic heterocycles. The summed E-state index contributed by atoms with van der Waals surface area (Å²) in [6, 6.07) is 0. The van der Waals surface area contributed by atoms with E-state index in [4.69, 9.17) is 0 Å². The van der Waals surface area contributed by atoms with Gasteiger partial charge in [-0.3, -0.25) is 4.68 Å². The Bertz CT molecular complexity index is 424. The summed E-state index contributed by atoms with van der Waals surface area (Å²) in [7, 11) is -0.347. The van der Waals surface area contributed by atoms with Crippen LogP contribution in [0.25, 0.3) is 0 Å². The standard InChI is InChI=1S/C9H18N4O2S/c1-4-10-5-6-13-8-9(7-11-13)16(14,15)12(2)3/h7-8,10H,4-6H2,1-3H3. The molecule has 0 aromatic carbocycles. The quantitative estimate of drug-likeness (QED) is 0.702. The maximum Gasteiger partial charge on any atom is 0.245 e. The number of rotatable bonds is 6. The van der Waals surface area contributed by atoms with Crippen molar-refractivity contribution < 1.29 is 8.42 Å². The van der Waals surface area contributed by atoms with Crippen molar-refractivity contribution in [3.8, 4) is 0 Å². The molecule has 0 unspecified atom stereocenters. The number of nitrogens with zero attached hydrogens (tertiary/aromatic N) is 3. The third-order valence-corrected chi connectivity index (χ3v) is 3.92. The van der Waals surface area contributed by atoms with Gasteiger partial charge >= 0.3 is 0 Å². The molecule has 1 aromatic heterocycles. The highest BCUT2D eigenvalue weighted by Gasteiger charge is 2.18.